The van der Waals surface area contributed by atoms with Gasteiger partial charge in [0.2, 0.25) is 5.82 Å². The molecule has 0 aromatic heterocycles. The maximum absolute atomic E-state index is 15.1. The third-order valence-corrected chi connectivity index (χ3v) is 7.24. The van der Waals surface area contributed by atoms with Crippen LogP contribution in [0.15, 0.2) is 24.3 Å². The second-order valence-electron chi connectivity index (χ2n) is 9.28. The van der Waals surface area contributed by atoms with E-state index in [9.17, 15) is 13.2 Å². The molecule has 1 saturated heterocycles. The molecule has 2 nitrogen and oxygen atoms in total. The second kappa shape index (κ2) is 10.5. The topological polar surface area (TPSA) is 18.5 Å². The summed E-state index contributed by atoms with van der Waals surface area (Å²) in [4.78, 5) is 0. The first-order valence-corrected chi connectivity index (χ1v) is 12.2. The molecule has 2 unspecified atom stereocenters. The van der Waals surface area contributed by atoms with Gasteiger partial charge in [-0.3, -0.25) is 0 Å². The third-order valence-electron chi connectivity index (χ3n) is 7.24. The molecular weight excluding hydrogens is 432 g/mol. The van der Waals surface area contributed by atoms with Crippen LogP contribution in [0.5, 0.6) is 5.75 Å². The average molecular weight is 465 g/mol. The minimum atomic E-state index is -1.24. The zero-order valence-corrected chi connectivity index (χ0v) is 19.3. The summed E-state index contributed by atoms with van der Waals surface area (Å²) in [5.74, 6) is -4.42. The predicted octanol–water partition coefficient (Wildman–Crippen LogP) is 7.93. The van der Waals surface area contributed by atoms with Crippen LogP contribution in [-0.2, 0) is 4.74 Å². The van der Waals surface area contributed by atoms with Crippen molar-refractivity contribution in [2.45, 2.75) is 83.3 Å². The number of halogens is 4. The second-order valence-corrected chi connectivity index (χ2v) is 9.28. The van der Waals surface area contributed by atoms with Crippen molar-refractivity contribution < 1.29 is 27.0 Å². The van der Waals surface area contributed by atoms with E-state index in [4.69, 9.17) is 9.47 Å². The summed E-state index contributed by atoms with van der Waals surface area (Å²) in [6, 6.07) is 5.34. The van der Waals surface area contributed by atoms with Crippen LogP contribution < -0.4 is 4.74 Å². The largest absolute Gasteiger partial charge is 0.491 e. The standard InChI is InChI=1S/C27H32F4O2/c1-3-5-18-10-14-22(33-18)17-8-6-16(7-9-17)19-11-12-20(25(29)24(19)28)21-13-15-23(32-4-2)27(31)26(21)30/h11-13,15-18,22H,3-10,14H2,1-2H3. The van der Waals surface area contributed by atoms with Crippen LogP contribution >= 0.6 is 0 Å². The van der Waals surface area contributed by atoms with E-state index >= 15 is 4.39 Å². The van der Waals surface area contributed by atoms with E-state index < -0.39 is 23.3 Å². The van der Waals surface area contributed by atoms with Gasteiger partial charge in [-0.2, -0.15) is 4.39 Å². The number of hydrogen-bond donors (Lipinski definition) is 0. The van der Waals surface area contributed by atoms with Crippen LogP contribution in [0.3, 0.4) is 0 Å². The van der Waals surface area contributed by atoms with Crippen molar-refractivity contribution in [1.29, 1.82) is 0 Å². The van der Waals surface area contributed by atoms with Crippen molar-refractivity contribution in [3.05, 3.63) is 53.1 Å². The molecule has 1 heterocycles. The van der Waals surface area contributed by atoms with Gasteiger partial charge in [0.1, 0.15) is 0 Å². The molecule has 0 amide bonds. The van der Waals surface area contributed by atoms with Crippen LogP contribution in [0.4, 0.5) is 17.6 Å². The normalized spacial score (nSPS) is 25.4. The van der Waals surface area contributed by atoms with Crippen molar-refractivity contribution in [1.82, 2.24) is 0 Å². The van der Waals surface area contributed by atoms with Crippen molar-refractivity contribution in [2.24, 2.45) is 5.92 Å². The molecule has 180 valence electrons. The number of ether oxygens (including phenoxy) is 2. The molecule has 2 aromatic rings. The zero-order chi connectivity index (χ0) is 23.5. The van der Waals surface area contributed by atoms with Gasteiger partial charge in [-0.15, -0.1) is 0 Å². The third kappa shape index (κ3) is 4.91. The van der Waals surface area contributed by atoms with E-state index in [-0.39, 0.29) is 35.5 Å². The Kier molecular flexibility index (Phi) is 7.62. The molecule has 2 aliphatic rings. The number of rotatable bonds is 7. The molecular formula is C27H32F4O2. The van der Waals surface area contributed by atoms with Crippen LogP contribution in [0, 0.1) is 29.2 Å². The molecule has 1 aliphatic heterocycles. The maximum Gasteiger partial charge on any atom is 0.201 e. The van der Waals surface area contributed by atoms with Gasteiger partial charge in [-0.1, -0.05) is 25.5 Å². The molecule has 2 fully saturated rings. The van der Waals surface area contributed by atoms with Gasteiger partial charge in [0.25, 0.3) is 0 Å². The van der Waals surface area contributed by atoms with Crippen LogP contribution in [0.1, 0.15) is 76.7 Å². The minimum absolute atomic E-state index is 0.0837. The molecule has 6 heteroatoms. The van der Waals surface area contributed by atoms with Gasteiger partial charge in [-0.05, 0) is 81.4 Å². The lowest BCUT2D eigenvalue weighted by Crippen LogP contribution is -2.26. The van der Waals surface area contributed by atoms with Crippen LogP contribution in [0.25, 0.3) is 11.1 Å². The maximum atomic E-state index is 15.1. The highest BCUT2D eigenvalue weighted by Crippen LogP contribution is 2.43. The first-order chi connectivity index (χ1) is 15.9. The van der Waals surface area contributed by atoms with Gasteiger partial charge >= 0.3 is 0 Å². The van der Waals surface area contributed by atoms with Crippen molar-refractivity contribution in [3.63, 3.8) is 0 Å². The van der Waals surface area contributed by atoms with E-state index in [1.807, 2.05) is 0 Å². The Balaban J connectivity index is 1.47. The number of benzene rings is 2. The van der Waals surface area contributed by atoms with Gasteiger partial charge < -0.3 is 9.47 Å². The van der Waals surface area contributed by atoms with E-state index in [1.165, 1.54) is 24.3 Å². The zero-order valence-electron chi connectivity index (χ0n) is 19.3. The Morgan fingerprint density at radius 3 is 2.12 bits per heavy atom. The van der Waals surface area contributed by atoms with Crippen LogP contribution in [0.2, 0.25) is 0 Å². The molecule has 2 atom stereocenters. The quantitative estimate of drug-likeness (QED) is 0.387. The monoisotopic (exact) mass is 464 g/mol. The Morgan fingerprint density at radius 1 is 0.788 bits per heavy atom. The fourth-order valence-electron chi connectivity index (χ4n) is 5.51. The summed E-state index contributed by atoms with van der Waals surface area (Å²) in [6.45, 7) is 3.99. The SMILES string of the molecule is CCCC1CCC(C2CCC(c3ccc(-c4ccc(OCC)c(F)c4F)c(F)c3F)CC2)O1. The van der Waals surface area contributed by atoms with Gasteiger partial charge in [0.05, 0.1) is 18.8 Å². The average Bonchev–Trinajstić information content (AvgIpc) is 3.29. The molecule has 0 spiro atoms. The van der Waals surface area contributed by atoms with E-state index in [1.54, 1.807) is 6.92 Å². The van der Waals surface area contributed by atoms with Crippen molar-refractivity contribution in [2.75, 3.05) is 6.61 Å². The van der Waals surface area contributed by atoms with Crippen LogP contribution in [-0.4, -0.2) is 18.8 Å². The number of hydrogen-bond acceptors (Lipinski definition) is 2. The van der Waals surface area contributed by atoms with Gasteiger partial charge in [0.15, 0.2) is 23.2 Å². The van der Waals surface area contributed by atoms with Gasteiger partial charge in [0, 0.05) is 11.1 Å². The van der Waals surface area contributed by atoms with Crippen molar-refractivity contribution in [3.8, 4) is 16.9 Å². The highest BCUT2D eigenvalue weighted by Gasteiger charge is 2.35. The lowest BCUT2D eigenvalue weighted by atomic mass is 9.76. The fourth-order valence-corrected chi connectivity index (χ4v) is 5.51. The smallest absolute Gasteiger partial charge is 0.201 e. The molecule has 1 aliphatic carbocycles. The molecule has 33 heavy (non-hydrogen) atoms. The van der Waals surface area contributed by atoms with E-state index in [0.29, 0.717) is 17.6 Å². The summed E-state index contributed by atoms with van der Waals surface area (Å²) in [7, 11) is 0. The summed E-state index contributed by atoms with van der Waals surface area (Å²) in [5, 5.41) is 0. The first-order valence-electron chi connectivity index (χ1n) is 12.2. The summed E-state index contributed by atoms with van der Waals surface area (Å²) < 4.78 is 70.1. The molecule has 0 bridgehead atoms. The Hall–Kier alpha value is -2.08. The van der Waals surface area contributed by atoms with Gasteiger partial charge in [-0.25, -0.2) is 13.2 Å². The van der Waals surface area contributed by atoms with E-state index in [0.717, 1.165) is 51.4 Å². The molecule has 1 saturated carbocycles. The summed E-state index contributed by atoms with van der Waals surface area (Å²) in [6.07, 6.45) is 8.46. The Labute approximate surface area is 193 Å². The van der Waals surface area contributed by atoms with E-state index in [2.05, 4.69) is 6.92 Å². The van der Waals surface area contributed by atoms with Crippen molar-refractivity contribution >= 4 is 0 Å². The molecule has 2 aromatic carbocycles. The first kappa shape index (κ1) is 24.1. The highest BCUT2D eigenvalue weighted by molar-refractivity contribution is 5.66. The summed E-state index contributed by atoms with van der Waals surface area (Å²) >= 11 is 0. The molecule has 0 radical (unpaired) electrons. The highest BCUT2D eigenvalue weighted by atomic mass is 19.2. The fraction of sp³-hybridized carbons (Fsp3) is 0.556. The molecule has 4 rings (SSSR count). The predicted molar refractivity (Wildman–Crippen MR) is 120 cm³/mol. The minimum Gasteiger partial charge on any atom is -0.491 e. The summed E-state index contributed by atoms with van der Waals surface area (Å²) in [5.41, 5.74) is -0.286. The molecule has 0 N–H and O–H groups in total. The lowest BCUT2D eigenvalue weighted by Gasteiger charge is -2.32. The Bertz CT molecular complexity index is 969. The Morgan fingerprint density at radius 2 is 1.45 bits per heavy atom. The lowest BCUT2D eigenvalue weighted by molar-refractivity contribution is -0.00435.